The maximum atomic E-state index is 3.68. The monoisotopic (exact) mass is 266 g/mol. The summed E-state index contributed by atoms with van der Waals surface area (Å²) in [6.45, 7) is 13.4. The Labute approximate surface area is 120 Å². The molecule has 0 aromatic heterocycles. The maximum Gasteiger partial charge on any atom is 0.0195 e. The summed E-state index contributed by atoms with van der Waals surface area (Å²) in [6, 6.07) is 1.60. The number of hydrogen-bond acceptors (Lipinski definition) is 2. The minimum Gasteiger partial charge on any atom is -0.313 e. The first-order chi connectivity index (χ1) is 9.06. The van der Waals surface area contributed by atoms with E-state index in [1.165, 1.54) is 51.7 Å². The van der Waals surface area contributed by atoms with E-state index in [-0.39, 0.29) is 0 Å². The van der Waals surface area contributed by atoms with Crippen molar-refractivity contribution in [3.63, 3.8) is 0 Å². The number of hydrogen-bond donors (Lipinski definition) is 1. The minimum absolute atomic E-state index is 0.758. The van der Waals surface area contributed by atoms with Gasteiger partial charge in [0.2, 0.25) is 0 Å². The Bertz CT molecular complexity index is 258. The third kappa shape index (κ3) is 4.46. The van der Waals surface area contributed by atoms with Crippen LogP contribution in [0.2, 0.25) is 0 Å². The van der Waals surface area contributed by atoms with Gasteiger partial charge in [0.15, 0.2) is 0 Å². The van der Waals surface area contributed by atoms with E-state index in [4.69, 9.17) is 0 Å². The van der Waals surface area contributed by atoms with Crippen molar-refractivity contribution in [2.75, 3.05) is 19.6 Å². The van der Waals surface area contributed by atoms with Crippen LogP contribution in [0.1, 0.15) is 59.8 Å². The minimum atomic E-state index is 0.758. The van der Waals surface area contributed by atoms with Crippen molar-refractivity contribution in [3.8, 4) is 0 Å². The van der Waals surface area contributed by atoms with E-state index in [0.29, 0.717) is 0 Å². The van der Waals surface area contributed by atoms with Crippen molar-refractivity contribution in [3.05, 3.63) is 0 Å². The summed E-state index contributed by atoms with van der Waals surface area (Å²) in [5, 5.41) is 3.68. The molecule has 112 valence electrons. The Balaban J connectivity index is 1.91. The number of rotatable bonds is 5. The van der Waals surface area contributed by atoms with Crippen LogP contribution in [0.3, 0.4) is 0 Å². The van der Waals surface area contributed by atoms with Gasteiger partial charge in [-0.1, -0.05) is 27.7 Å². The smallest absolute Gasteiger partial charge is 0.0195 e. The largest absolute Gasteiger partial charge is 0.313 e. The van der Waals surface area contributed by atoms with Crippen LogP contribution in [-0.2, 0) is 0 Å². The quantitative estimate of drug-likeness (QED) is 0.819. The van der Waals surface area contributed by atoms with Crippen LogP contribution >= 0.6 is 0 Å². The molecule has 0 amide bonds. The molecule has 0 aromatic rings. The lowest BCUT2D eigenvalue weighted by Gasteiger charge is -2.41. The van der Waals surface area contributed by atoms with Gasteiger partial charge in [-0.25, -0.2) is 0 Å². The standard InChI is InChI=1S/C17H34N2/c1-13(2)11-19(12-16-6-5-9-18-16)17-8-7-14(3)15(4)10-17/h13-18H,5-12H2,1-4H3. The van der Waals surface area contributed by atoms with E-state index in [9.17, 15) is 0 Å². The van der Waals surface area contributed by atoms with Crippen molar-refractivity contribution in [1.29, 1.82) is 0 Å². The highest BCUT2D eigenvalue weighted by atomic mass is 15.2. The number of nitrogens with one attached hydrogen (secondary N) is 1. The molecule has 0 spiro atoms. The number of nitrogens with zero attached hydrogens (tertiary/aromatic N) is 1. The highest BCUT2D eigenvalue weighted by molar-refractivity contribution is 4.86. The van der Waals surface area contributed by atoms with Crippen LogP contribution < -0.4 is 5.32 Å². The van der Waals surface area contributed by atoms with Gasteiger partial charge < -0.3 is 5.32 Å². The molecule has 4 atom stereocenters. The van der Waals surface area contributed by atoms with Crippen molar-refractivity contribution < 1.29 is 0 Å². The lowest BCUT2D eigenvalue weighted by molar-refractivity contribution is 0.0907. The summed E-state index contributed by atoms with van der Waals surface area (Å²) >= 11 is 0. The highest BCUT2D eigenvalue weighted by Gasteiger charge is 2.30. The fourth-order valence-electron chi connectivity index (χ4n) is 3.89. The summed E-state index contributed by atoms with van der Waals surface area (Å²) in [4.78, 5) is 2.82. The van der Waals surface area contributed by atoms with Crippen LogP contribution in [-0.4, -0.2) is 36.6 Å². The molecule has 2 fully saturated rings. The second-order valence-electron chi connectivity index (χ2n) is 7.56. The average molecular weight is 266 g/mol. The van der Waals surface area contributed by atoms with Crippen molar-refractivity contribution in [2.24, 2.45) is 17.8 Å². The molecule has 1 saturated carbocycles. The molecule has 1 N–H and O–H groups in total. The molecule has 1 saturated heterocycles. The molecule has 19 heavy (non-hydrogen) atoms. The Hall–Kier alpha value is -0.0800. The highest BCUT2D eigenvalue weighted by Crippen LogP contribution is 2.32. The van der Waals surface area contributed by atoms with Crippen LogP contribution in [0.4, 0.5) is 0 Å². The van der Waals surface area contributed by atoms with Crippen LogP contribution in [0.5, 0.6) is 0 Å². The molecule has 0 aromatic carbocycles. The van der Waals surface area contributed by atoms with Crippen molar-refractivity contribution in [1.82, 2.24) is 10.2 Å². The molecule has 2 aliphatic rings. The van der Waals surface area contributed by atoms with Gasteiger partial charge in [-0.2, -0.15) is 0 Å². The molecule has 2 nitrogen and oxygen atoms in total. The Morgan fingerprint density at radius 2 is 1.89 bits per heavy atom. The van der Waals surface area contributed by atoms with E-state index in [2.05, 4.69) is 37.9 Å². The van der Waals surface area contributed by atoms with Crippen LogP contribution in [0, 0.1) is 17.8 Å². The van der Waals surface area contributed by atoms with E-state index >= 15 is 0 Å². The van der Waals surface area contributed by atoms with Gasteiger partial charge >= 0.3 is 0 Å². The predicted octanol–water partition coefficient (Wildman–Crippen LogP) is 3.52. The topological polar surface area (TPSA) is 15.3 Å². The van der Waals surface area contributed by atoms with Gasteiger partial charge in [0.25, 0.3) is 0 Å². The fraction of sp³-hybridized carbons (Fsp3) is 1.00. The van der Waals surface area contributed by atoms with Gasteiger partial charge in [0.05, 0.1) is 0 Å². The van der Waals surface area contributed by atoms with Crippen LogP contribution in [0.15, 0.2) is 0 Å². The molecule has 2 heteroatoms. The molecule has 1 aliphatic heterocycles. The zero-order valence-electron chi connectivity index (χ0n) is 13.5. The molecule has 0 radical (unpaired) electrons. The summed E-state index contributed by atoms with van der Waals surface area (Å²) in [5.74, 6) is 2.63. The first-order valence-electron chi connectivity index (χ1n) is 8.53. The van der Waals surface area contributed by atoms with Gasteiger partial charge in [-0.05, 0) is 56.4 Å². The zero-order chi connectivity index (χ0) is 13.8. The van der Waals surface area contributed by atoms with Crippen molar-refractivity contribution >= 4 is 0 Å². The fourth-order valence-corrected chi connectivity index (χ4v) is 3.89. The first-order valence-corrected chi connectivity index (χ1v) is 8.53. The second-order valence-corrected chi connectivity index (χ2v) is 7.56. The molecule has 4 unspecified atom stereocenters. The van der Waals surface area contributed by atoms with Gasteiger partial charge in [0.1, 0.15) is 0 Å². The molecule has 1 aliphatic carbocycles. The second kappa shape index (κ2) is 7.08. The summed E-state index contributed by atoms with van der Waals surface area (Å²) in [5.41, 5.74) is 0. The van der Waals surface area contributed by atoms with E-state index in [0.717, 1.165) is 29.8 Å². The lowest BCUT2D eigenvalue weighted by atomic mass is 9.78. The Morgan fingerprint density at radius 3 is 2.47 bits per heavy atom. The summed E-state index contributed by atoms with van der Waals surface area (Å²) < 4.78 is 0. The molecular formula is C17H34N2. The summed E-state index contributed by atoms with van der Waals surface area (Å²) in [6.07, 6.45) is 7.02. The Kier molecular flexibility index (Phi) is 5.70. The lowest BCUT2D eigenvalue weighted by Crippen LogP contribution is -2.47. The SMILES string of the molecule is CC(C)CN(CC1CCCN1)C1CCC(C)C(C)C1. The predicted molar refractivity (Wildman–Crippen MR) is 83.4 cm³/mol. The van der Waals surface area contributed by atoms with Gasteiger partial charge in [0, 0.05) is 25.2 Å². The van der Waals surface area contributed by atoms with Gasteiger partial charge in [-0.15, -0.1) is 0 Å². The van der Waals surface area contributed by atoms with Crippen LogP contribution in [0.25, 0.3) is 0 Å². The van der Waals surface area contributed by atoms with Crippen molar-refractivity contribution in [2.45, 2.75) is 71.9 Å². The van der Waals surface area contributed by atoms with E-state index in [1.54, 1.807) is 0 Å². The zero-order valence-corrected chi connectivity index (χ0v) is 13.5. The molecular weight excluding hydrogens is 232 g/mol. The molecule has 1 heterocycles. The third-order valence-corrected chi connectivity index (χ3v) is 5.30. The summed E-state index contributed by atoms with van der Waals surface area (Å²) in [7, 11) is 0. The first kappa shape index (κ1) is 15.3. The van der Waals surface area contributed by atoms with E-state index in [1.807, 2.05) is 0 Å². The average Bonchev–Trinajstić information content (AvgIpc) is 2.84. The normalized spacial score (nSPS) is 36.3. The third-order valence-electron chi connectivity index (χ3n) is 5.30. The molecule has 2 rings (SSSR count). The van der Waals surface area contributed by atoms with Gasteiger partial charge in [-0.3, -0.25) is 4.90 Å². The van der Waals surface area contributed by atoms with E-state index < -0.39 is 0 Å². The molecule has 0 bridgehead atoms. The Morgan fingerprint density at radius 1 is 1.11 bits per heavy atom. The maximum absolute atomic E-state index is 3.68.